The Morgan fingerprint density at radius 2 is 1.80 bits per heavy atom. The molecule has 0 bridgehead atoms. The Labute approximate surface area is 153 Å². The monoisotopic (exact) mass is 364 g/mol. The average Bonchev–Trinajstić information content (AvgIpc) is 2.91. The molecule has 136 valence electrons. The van der Waals surface area contributed by atoms with E-state index in [1.807, 2.05) is 20.8 Å². The Balaban J connectivity index is 2.10. The third-order valence-corrected chi connectivity index (χ3v) is 3.80. The fourth-order valence-corrected chi connectivity index (χ4v) is 2.60. The maximum Gasteiger partial charge on any atom is 0.408 e. The van der Waals surface area contributed by atoms with E-state index in [-0.39, 0.29) is 16.7 Å². The van der Waals surface area contributed by atoms with E-state index in [1.165, 1.54) is 0 Å². The molecular formula is C18H25ClN4O2. The molecule has 7 heteroatoms. The molecule has 0 saturated heterocycles. The van der Waals surface area contributed by atoms with Crippen molar-refractivity contribution < 1.29 is 9.53 Å². The number of hydrogen-bond donors (Lipinski definition) is 1. The van der Waals surface area contributed by atoms with Gasteiger partial charge in [-0.2, -0.15) is 0 Å². The molecule has 1 aromatic heterocycles. The summed E-state index contributed by atoms with van der Waals surface area (Å²) in [5.41, 5.74) is 1.98. The van der Waals surface area contributed by atoms with Crippen molar-refractivity contribution in [2.75, 3.05) is 0 Å². The van der Waals surface area contributed by atoms with E-state index in [4.69, 9.17) is 16.3 Å². The highest BCUT2D eigenvalue weighted by Gasteiger charge is 2.34. The second-order valence-electron chi connectivity index (χ2n) is 8.14. The molecule has 0 spiro atoms. The van der Waals surface area contributed by atoms with Crippen LogP contribution in [-0.4, -0.2) is 33.4 Å². The highest BCUT2D eigenvalue weighted by atomic mass is 35.5. The van der Waals surface area contributed by atoms with Gasteiger partial charge in [-0.1, -0.05) is 20.8 Å². The summed E-state index contributed by atoms with van der Waals surface area (Å²) in [7, 11) is 0. The second-order valence-corrected chi connectivity index (χ2v) is 8.48. The van der Waals surface area contributed by atoms with Crippen molar-refractivity contribution in [2.45, 2.75) is 59.6 Å². The quantitative estimate of drug-likeness (QED) is 0.813. The first kappa shape index (κ1) is 19.4. The molecule has 1 N–H and O–H groups in total. The number of amides is 1. The lowest BCUT2D eigenvalue weighted by Crippen LogP contribution is -2.50. The van der Waals surface area contributed by atoms with E-state index >= 15 is 0 Å². The van der Waals surface area contributed by atoms with Gasteiger partial charge in [0.2, 0.25) is 5.28 Å². The summed E-state index contributed by atoms with van der Waals surface area (Å²) in [5.74, 6) is 0. The van der Waals surface area contributed by atoms with Crippen LogP contribution in [0.5, 0.6) is 0 Å². The summed E-state index contributed by atoms with van der Waals surface area (Å²) in [6.07, 6.45) is 5.30. The number of allylic oxidation sites excluding steroid dienone is 1. The van der Waals surface area contributed by atoms with Crippen molar-refractivity contribution in [1.82, 2.24) is 15.3 Å². The number of ether oxygens (including phenoxy) is 1. The summed E-state index contributed by atoms with van der Waals surface area (Å²) in [5, 5.41) is 3.17. The number of carbonyl (C=O) groups is 1. The molecule has 2 rings (SSSR count). The smallest absolute Gasteiger partial charge is 0.408 e. The van der Waals surface area contributed by atoms with Gasteiger partial charge >= 0.3 is 6.09 Å². The molecule has 0 saturated carbocycles. The summed E-state index contributed by atoms with van der Waals surface area (Å²) in [6.45, 7) is 11.7. The maximum absolute atomic E-state index is 12.2. The van der Waals surface area contributed by atoms with Gasteiger partial charge in [-0.05, 0) is 43.4 Å². The molecule has 6 nitrogen and oxygen atoms in total. The third kappa shape index (κ3) is 5.53. The zero-order valence-electron chi connectivity index (χ0n) is 15.6. The van der Waals surface area contributed by atoms with Crippen LogP contribution in [0.25, 0.3) is 5.57 Å². The predicted molar refractivity (Wildman–Crippen MR) is 99.7 cm³/mol. The molecule has 1 aromatic rings. The third-order valence-electron chi connectivity index (χ3n) is 3.61. The van der Waals surface area contributed by atoms with Gasteiger partial charge < -0.3 is 10.1 Å². The van der Waals surface area contributed by atoms with Gasteiger partial charge in [-0.15, -0.1) is 0 Å². The number of rotatable bonds is 3. The first-order chi connectivity index (χ1) is 11.5. The molecule has 0 radical (unpaired) electrons. The Kier molecular flexibility index (Phi) is 5.52. The predicted octanol–water partition coefficient (Wildman–Crippen LogP) is 4.26. The normalized spacial score (nSPS) is 16.1. The topological polar surface area (TPSA) is 76.5 Å². The van der Waals surface area contributed by atoms with Gasteiger partial charge in [0, 0.05) is 36.3 Å². The number of nitrogens with one attached hydrogen (secondary N) is 1. The van der Waals surface area contributed by atoms with Crippen molar-refractivity contribution in [3.05, 3.63) is 29.4 Å². The number of carbonyl (C=O) groups excluding carboxylic acids is 1. The summed E-state index contributed by atoms with van der Waals surface area (Å²) in [6, 6.07) is -0.246. The summed E-state index contributed by atoms with van der Waals surface area (Å²) in [4.78, 5) is 24.8. The lowest BCUT2D eigenvalue weighted by molar-refractivity contribution is 0.0491. The first-order valence-electron chi connectivity index (χ1n) is 8.19. The minimum Gasteiger partial charge on any atom is -0.444 e. The zero-order valence-corrected chi connectivity index (χ0v) is 16.3. The van der Waals surface area contributed by atoms with Crippen LogP contribution in [0.4, 0.5) is 4.79 Å². The van der Waals surface area contributed by atoms with E-state index in [0.29, 0.717) is 6.42 Å². The van der Waals surface area contributed by atoms with Gasteiger partial charge in [-0.3, -0.25) is 4.99 Å². The largest absolute Gasteiger partial charge is 0.444 e. The van der Waals surface area contributed by atoms with E-state index in [2.05, 4.69) is 41.0 Å². The second kappa shape index (κ2) is 7.12. The summed E-state index contributed by atoms with van der Waals surface area (Å²) < 4.78 is 5.39. The van der Waals surface area contributed by atoms with E-state index in [0.717, 1.165) is 16.8 Å². The van der Waals surface area contributed by atoms with Crippen molar-refractivity contribution in [1.29, 1.82) is 0 Å². The van der Waals surface area contributed by atoms with Gasteiger partial charge in [0.05, 0.1) is 6.04 Å². The molecule has 0 aromatic carbocycles. The van der Waals surface area contributed by atoms with Crippen molar-refractivity contribution in [3.8, 4) is 0 Å². The standard InChI is InChI=1S/C18H25ClN4O2/c1-17(2,3)14(23-16(24)25-18(4,5)6)13-7-11(8-20-13)12-9-21-15(19)22-10-12/h8-10,14H,7H2,1-6H3,(H,23,24)/t14-/m1/s1. The van der Waals surface area contributed by atoms with Crippen LogP contribution in [-0.2, 0) is 4.74 Å². The van der Waals surface area contributed by atoms with Crippen LogP contribution >= 0.6 is 11.6 Å². The summed E-state index contributed by atoms with van der Waals surface area (Å²) >= 11 is 5.74. The van der Waals surface area contributed by atoms with Crippen molar-refractivity contribution in [3.63, 3.8) is 0 Å². The van der Waals surface area contributed by atoms with Crippen LogP contribution in [0.2, 0.25) is 5.28 Å². The van der Waals surface area contributed by atoms with E-state index in [9.17, 15) is 4.79 Å². The Hall–Kier alpha value is -1.95. The van der Waals surface area contributed by atoms with Crippen molar-refractivity contribution >= 4 is 29.0 Å². The Morgan fingerprint density at radius 3 is 2.32 bits per heavy atom. The molecule has 2 heterocycles. The lowest BCUT2D eigenvalue weighted by atomic mass is 9.82. The van der Waals surface area contributed by atoms with Gasteiger partial charge in [-0.25, -0.2) is 14.8 Å². The molecule has 1 aliphatic rings. The average molecular weight is 365 g/mol. The van der Waals surface area contributed by atoms with Crippen molar-refractivity contribution in [2.24, 2.45) is 10.4 Å². The Morgan fingerprint density at radius 1 is 1.20 bits per heavy atom. The minimum absolute atomic E-state index is 0.211. The molecule has 0 fully saturated rings. The molecule has 1 atom stereocenters. The van der Waals surface area contributed by atoms with Crippen LogP contribution in [0.3, 0.4) is 0 Å². The minimum atomic E-state index is -0.548. The van der Waals surface area contributed by atoms with Gasteiger partial charge in [0.15, 0.2) is 0 Å². The molecule has 1 amide bonds. The highest BCUT2D eigenvalue weighted by molar-refractivity contribution is 6.28. The number of hydrogen-bond acceptors (Lipinski definition) is 5. The maximum atomic E-state index is 12.2. The number of alkyl carbamates (subject to hydrolysis) is 1. The number of halogens is 1. The number of aromatic nitrogens is 2. The number of nitrogens with zero attached hydrogens (tertiary/aromatic N) is 3. The van der Waals surface area contributed by atoms with Gasteiger partial charge in [0.25, 0.3) is 0 Å². The molecule has 1 aliphatic heterocycles. The highest BCUT2D eigenvalue weighted by Crippen LogP contribution is 2.30. The fraction of sp³-hybridized carbons (Fsp3) is 0.556. The first-order valence-corrected chi connectivity index (χ1v) is 8.56. The number of aliphatic imine (C=N–C) groups is 1. The van der Waals surface area contributed by atoms with Gasteiger partial charge in [0.1, 0.15) is 5.60 Å². The van der Waals surface area contributed by atoms with Crippen LogP contribution in [0, 0.1) is 5.41 Å². The van der Waals surface area contributed by atoms with Crippen LogP contribution in [0.1, 0.15) is 53.5 Å². The van der Waals surface area contributed by atoms with E-state index in [1.54, 1.807) is 18.6 Å². The molecule has 0 unspecified atom stereocenters. The van der Waals surface area contributed by atoms with Crippen LogP contribution in [0.15, 0.2) is 23.6 Å². The van der Waals surface area contributed by atoms with E-state index < -0.39 is 11.7 Å². The zero-order chi connectivity index (χ0) is 18.8. The molecular weight excluding hydrogens is 340 g/mol. The van der Waals surface area contributed by atoms with Crippen LogP contribution < -0.4 is 5.32 Å². The SMILES string of the molecule is CC(C)(C)OC(=O)N[C@H](C1=NC=C(c2cnc(Cl)nc2)C1)C(C)(C)C. The fourth-order valence-electron chi connectivity index (χ4n) is 2.50. The molecule has 0 aliphatic carbocycles. The molecule has 25 heavy (non-hydrogen) atoms. The lowest BCUT2D eigenvalue weighted by Gasteiger charge is -2.32. The Bertz CT molecular complexity index is 697.